The molecule has 1 aliphatic rings. The Morgan fingerprint density at radius 1 is 1.03 bits per heavy atom. The van der Waals surface area contributed by atoms with E-state index in [2.05, 4.69) is 0 Å². The van der Waals surface area contributed by atoms with Crippen LogP contribution in [0.2, 0.25) is 0 Å². The molecular formula is C27H33F3N4O. The summed E-state index contributed by atoms with van der Waals surface area (Å²) in [4.78, 5) is 18.7. The molecule has 0 saturated carbocycles. The van der Waals surface area contributed by atoms with E-state index in [-0.39, 0.29) is 35.3 Å². The van der Waals surface area contributed by atoms with Crippen molar-refractivity contribution >= 4 is 5.91 Å². The van der Waals surface area contributed by atoms with Gasteiger partial charge in [0, 0.05) is 24.3 Å². The third kappa shape index (κ3) is 5.12. The Morgan fingerprint density at radius 2 is 1.66 bits per heavy atom. The summed E-state index contributed by atoms with van der Waals surface area (Å²) in [6.07, 6.45) is 0. The lowest BCUT2D eigenvalue weighted by Gasteiger charge is -2.42. The van der Waals surface area contributed by atoms with Crippen molar-refractivity contribution in [2.75, 3.05) is 13.1 Å². The SMILES string of the molecule is Cc1ccc(-c2nc3n(c2C(C)C)CCN(C(=O)CN)C3(C)C)c(F)c1F.Cc1ccc(F)cc1. The minimum Gasteiger partial charge on any atom is -0.327 e. The van der Waals surface area contributed by atoms with Crippen LogP contribution in [0.3, 0.4) is 0 Å². The highest BCUT2D eigenvalue weighted by atomic mass is 19.2. The molecule has 2 heterocycles. The zero-order chi connectivity index (χ0) is 26.1. The highest BCUT2D eigenvalue weighted by Gasteiger charge is 2.41. The van der Waals surface area contributed by atoms with Crippen LogP contribution in [-0.2, 0) is 16.9 Å². The van der Waals surface area contributed by atoms with Gasteiger partial charge in [-0.15, -0.1) is 0 Å². The molecule has 1 amide bonds. The summed E-state index contributed by atoms with van der Waals surface area (Å²) in [7, 11) is 0. The average Bonchev–Trinajstić information content (AvgIpc) is 3.20. The summed E-state index contributed by atoms with van der Waals surface area (Å²) in [6.45, 7) is 12.2. The molecule has 1 aliphatic heterocycles. The van der Waals surface area contributed by atoms with E-state index in [1.165, 1.54) is 19.1 Å². The average molecular weight is 487 g/mol. The van der Waals surface area contributed by atoms with Crippen LogP contribution in [0.5, 0.6) is 0 Å². The second-order valence-corrected chi connectivity index (χ2v) is 9.64. The molecule has 0 radical (unpaired) electrons. The number of carbonyl (C=O) groups is 1. The van der Waals surface area contributed by atoms with Crippen molar-refractivity contribution in [3.05, 3.63) is 76.5 Å². The fraction of sp³-hybridized carbons (Fsp3) is 0.407. The van der Waals surface area contributed by atoms with Crippen molar-refractivity contribution < 1.29 is 18.0 Å². The topological polar surface area (TPSA) is 64.2 Å². The molecule has 2 N–H and O–H groups in total. The van der Waals surface area contributed by atoms with Crippen molar-refractivity contribution in [2.24, 2.45) is 5.73 Å². The van der Waals surface area contributed by atoms with Gasteiger partial charge >= 0.3 is 0 Å². The Labute approximate surface area is 204 Å². The Kier molecular flexibility index (Phi) is 7.74. The number of fused-ring (bicyclic) bond motifs is 1. The predicted molar refractivity (Wildman–Crippen MR) is 131 cm³/mol. The number of hydrogen-bond acceptors (Lipinski definition) is 3. The van der Waals surface area contributed by atoms with Gasteiger partial charge in [-0.2, -0.15) is 0 Å². The molecule has 0 unspecified atom stereocenters. The molecule has 4 rings (SSSR count). The summed E-state index contributed by atoms with van der Waals surface area (Å²) in [6, 6.07) is 9.53. The van der Waals surface area contributed by atoms with Crippen LogP contribution < -0.4 is 5.73 Å². The minimum absolute atomic E-state index is 0.0533. The molecule has 5 nitrogen and oxygen atoms in total. The fourth-order valence-corrected chi connectivity index (χ4v) is 4.45. The Balaban J connectivity index is 0.000000363. The molecule has 0 bridgehead atoms. The van der Waals surface area contributed by atoms with Crippen LogP contribution in [0.4, 0.5) is 13.2 Å². The number of imidazole rings is 1. The first-order chi connectivity index (χ1) is 16.4. The predicted octanol–water partition coefficient (Wildman–Crippen LogP) is 5.43. The number of halogens is 3. The second-order valence-electron chi connectivity index (χ2n) is 9.64. The van der Waals surface area contributed by atoms with Crippen molar-refractivity contribution in [1.29, 1.82) is 0 Å². The number of aromatic nitrogens is 2. The van der Waals surface area contributed by atoms with Gasteiger partial charge in [-0.25, -0.2) is 18.2 Å². The quantitative estimate of drug-likeness (QED) is 0.537. The molecule has 0 aliphatic carbocycles. The van der Waals surface area contributed by atoms with E-state index in [4.69, 9.17) is 10.7 Å². The molecule has 1 aromatic heterocycles. The van der Waals surface area contributed by atoms with Gasteiger partial charge in [-0.05, 0) is 57.4 Å². The van der Waals surface area contributed by atoms with E-state index in [1.807, 2.05) is 39.2 Å². The van der Waals surface area contributed by atoms with Crippen molar-refractivity contribution in [3.63, 3.8) is 0 Å². The van der Waals surface area contributed by atoms with E-state index < -0.39 is 17.2 Å². The standard InChI is InChI=1S/C20H26F2N4O.C7H7F/c1-11(2)18-17(13-7-6-12(3)15(21)16(13)22)24-19-20(4,5)26(14(27)10-23)9-8-25(18)19;1-6-2-4-7(8)5-3-6/h6-7,11H,8-10,23H2,1-5H3;2-5H,1H3. The third-order valence-corrected chi connectivity index (χ3v) is 6.34. The Hall–Kier alpha value is -3.13. The molecule has 2 aromatic carbocycles. The number of nitrogens with zero attached hydrogens (tertiary/aromatic N) is 3. The molecule has 0 spiro atoms. The lowest BCUT2D eigenvalue weighted by molar-refractivity contribution is -0.137. The van der Waals surface area contributed by atoms with Gasteiger partial charge in [0.15, 0.2) is 11.6 Å². The van der Waals surface area contributed by atoms with Gasteiger partial charge < -0.3 is 15.2 Å². The highest BCUT2D eigenvalue weighted by molar-refractivity contribution is 5.79. The summed E-state index contributed by atoms with van der Waals surface area (Å²) in [5.74, 6) is -1.36. The van der Waals surface area contributed by atoms with Crippen LogP contribution in [0, 0.1) is 31.3 Å². The van der Waals surface area contributed by atoms with E-state index in [0.29, 0.717) is 24.6 Å². The number of nitrogens with two attached hydrogens (primary N) is 1. The normalized spacial score (nSPS) is 14.4. The van der Waals surface area contributed by atoms with Crippen molar-refractivity contribution in [3.8, 4) is 11.3 Å². The van der Waals surface area contributed by atoms with E-state index >= 15 is 0 Å². The first-order valence-corrected chi connectivity index (χ1v) is 11.7. The first-order valence-electron chi connectivity index (χ1n) is 11.7. The zero-order valence-corrected chi connectivity index (χ0v) is 21.1. The largest absolute Gasteiger partial charge is 0.327 e. The summed E-state index contributed by atoms with van der Waals surface area (Å²) in [5.41, 5.74) is 7.64. The van der Waals surface area contributed by atoms with Crippen LogP contribution in [0.15, 0.2) is 36.4 Å². The maximum Gasteiger partial charge on any atom is 0.237 e. The van der Waals surface area contributed by atoms with Crippen molar-refractivity contribution in [1.82, 2.24) is 14.5 Å². The van der Waals surface area contributed by atoms with Crippen molar-refractivity contribution in [2.45, 2.75) is 59.5 Å². The zero-order valence-electron chi connectivity index (χ0n) is 21.1. The smallest absolute Gasteiger partial charge is 0.237 e. The number of rotatable bonds is 3. The molecule has 35 heavy (non-hydrogen) atoms. The lowest BCUT2D eigenvalue weighted by atomic mass is 9.98. The first kappa shape index (κ1) is 26.5. The third-order valence-electron chi connectivity index (χ3n) is 6.34. The molecule has 0 atom stereocenters. The number of benzene rings is 2. The monoisotopic (exact) mass is 486 g/mol. The van der Waals surface area contributed by atoms with Gasteiger partial charge in [0.05, 0.1) is 17.8 Å². The summed E-state index contributed by atoms with van der Waals surface area (Å²) >= 11 is 0. The van der Waals surface area contributed by atoms with Gasteiger partial charge in [0.25, 0.3) is 0 Å². The fourth-order valence-electron chi connectivity index (χ4n) is 4.45. The lowest BCUT2D eigenvalue weighted by Crippen LogP contribution is -2.53. The van der Waals surface area contributed by atoms with Gasteiger partial charge in [0.2, 0.25) is 5.91 Å². The van der Waals surface area contributed by atoms with Gasteiger partial charge in [-0.3, -0.25) is 4.79 Å². The number of aryl methyl sites for hydroxylation is 2. The highest BCUT2D eigenvalue weighted by Crippen LogP contribution is 2.39. The number of hydrogen-bond donors (Lipinski definition) is 1. The second kappa shape index (κ2) is 10.2. The van der Waals surface area contributed by atoms with Gasteiger partial charge in [-0.1, -0.05) is 37.6 Å². The molecule has 8 heteroatoms. The minimum atomic E-state index is -0.889. The van der Waals surface area contributed by atoms with E-state index in [1.54, 1.807) is 29.2 Å². The maximum atomic E-state index is 14.7. The van der Waals surface area contributed by atoms with Crippen LogP contribution in [-0.4, -0.2) is 33.4 Å². The molecule has 188 valence electrons. The number of carbonyl (C=O) groups excluding carboxylic acids is 1. The maximum absolute atomic E-state index is 14.7. The number of amides is 1. The van der Waals surface area contributed by atoms with Crippen LogP contribution >= 0.6 is 0 Å². The Morgan fingerprint density at radius 3 is 2.20 bits per heavy atom. The molecular weight excluding hydrogens is 453 g/mol. The molecule has 0 fully saturated rings. The van der Waals surface area contributed by atoms with E-state index in [9.17, 15) is 18.0 Å². The molecule has 3 aromatic rings. The van der Waals surface area contributed by atoms with Crippen LogP contribution in [0.25, 0.3) is 11.3 Å². The summed E-state index contributed by atoms with van der Waals surface area (Å²) in [5, 5.41) is 0. The van der Waals surface area contributed by atoms with Crippen LogP contribution in [0.1, 0.15) is 56.3 Å². The van der Waals surface area contributed by atoms with Gasteiger partial charge in [0.1, 0.15) is 11.6 Å². The molecule has 0 saturated heterocycles. The van der Waals surface area contributed by atoms with E-state index in [0.717, 1.165) is 11.3 Å². The Bertz CT molecular complexity index is 1200. The summed E-state index contributed by atoms with van der Waals surface area (Å²) < 4.78 is 43.0.